The number of likely N-dealkylation sites (tertiary alicyclic amines) is 1. The molecule has 4 nitrogen and oxygen atoms in total. The van der Waals surface area contributed by atoms with Gasteiger partial charge in [-0.2, -0.15) is 5.10 Å². The zero-order valence-electron chi connectivity index (χ0n) is 18.8. The van der Waals surface area contributed by atoms with Gasteiger partial charge in [-0.25, -0.2) is 4.39 Å². The highest BCUT2D eigenvalue weighted by atomic mass is 19.1. The molecule has 0 saturated carbocycles. The fraction of sp³-hybridized carbons (Fsp3) is 0.214. The van der Waals surface area contributed by atoms with Crippen molar-refractivity contribution in [2.75, 3.05) is 13.1 Å². The molecule has 0 atom stereocenters. The third-order valence-corrected chi connectivity index (χ3v) is 6.62. The SMILES string of the molecule is C=C(c1ccccc1C)N1CCC(c2[nH]nc(-c3ccc(F)cc3)c2-c2ccncc2)CC1. The maximum absolute atomic E-state index is 13.5. The Bertz CT molecular complexity index is 1250. The van der Waals surface area contributed by atoms with Crippen LogP contribution < -0.4 is 0 Å². The number of nitrogens with zero attached hydrogens (tertiary/aromatic N) is 3. The average molecular weight is 439 g/mol. The Morgan fingerprint density at radius 3 is 2.36 bits per heavy atom. The molecule has 1 aliphatic heterocycles. The number of pyridine rings is 1. The summed E-state index contributed by atoms with van der Waals surface area (Å²) in [5.74, 6) is 0.108. The Labute approximate surface area is 193 Å². The van der Waals surface area contributed by atoms with Crippen LogP contribution in [0.5, 0.6) is 0 Å². The predicted molar refractivity (Wildman–Crippen MR) is 131 cm³/mol. The van der Waals surface area contributed by atoms with E-state index >= 15 is 0 Å². The van der Waals surface area contributed by atoms with Crippen LogP contribution in [0.15, 0.2) is 79.6 Å². The third kappa shape index (κ3) is 4.19. The Hall–Kier alpha value is -3.73. The molecule has 0 spiro atoms. The topological polar surface area (TPSA) is 44.8 Å². The van der Waals surface area contributed by atoms with Gasteiger partial charge >= 0.3 is 0 Å². The van der Waals surface area contributed by atoms with Gasteiger partial charge in [0.2, 0.25) is 0 Å². The minimum absolute atomic E-state index is 0.249. The van der Waals surface area contributed by atoms with Crippen LogP contribution in [-0.2, 0) is 0 Å². The molecule has 0 unspecified atom stereocenters. The van der Waals surface area contributed by atoms with Crippen molar-refractivity contribution in [3.8, 4) is 22.4 Å². The van der Waals surface area contributed by atoms with E-state index in [4.69, 9.17) is 0 Å². The minimum Gasteiger partial charge on any atom is -0.371 e. The van der Waals surface area contributed by atoms with Gasteiger partial charge in [0, 0.05) is 59.5 Å². The molecule has 0 radical (unpaired) electrons. The van der Waals surface area contributed by atoms with Crippen LogP contribution in [-0.4, -0.2) is 33.2 Å². The van der Waals surface area contributed by atoms with Crippen molar-refractivity contribution in [2.24, 2.45) is 0 Å². The Kier molecular flexibility index (Phi) is 5.78. The van der Waals surface area contributed by atoms with Crippen molar-refractivity contribution >= 4 is 5.70 Å². The molecular formula is C28H27FN4. The summed E-state index contributed by atoms with van der Waals surface area (Å²) in [5.41, 5.74) is 8.61. The highest BCUT2D eigenvalue weighted by Gasteiger charge is 2.28. The van der Waals surface area contributed by atoms with E-state index in [1.807, 2.05) is 12.1 Å². The minimum atomic E-state index is -0.249. The molecule has 4 aromatic rings. The summed E-state index contributed by atoms with van der Waals surface area (Å²) in [6, 6.07) is 19.0. The Morgan fingerprint density at radius 2 is 1.67 bits per heavy atom. The third-order valence-electron chi connectivity index (χ3n) is 6.62. The summed E-state index contributed by atoms with van der Waals surface area (Å²) in [4.78, 5) is 6.57. The lowest BCUT2D eigenvalue weighted by molar-refractivity contribution is 0.297. The first-order chi connectivity index (χ1) is 16.1. The molecule has 5 heteroatoms. The van der Waals surface area contributed by atoms with Gasteiger partial charge in [0.05, 0.1) is 0 Å². The maximum atomic E-state index is 13.5. The van der Waals surface area contributed by atoms with Crippen LogP contribution in [0, 0.1) is 12.7 Å². The number of benzene rings is 2. The van der Waals surface area contributed by atoms with Gasteiger partial charge in [0.1, 0.15) is 11.5 Å². The number of aryl methyl sites for hydroxylation is 1. The standard InChI is InChI=1S/C28H27FN4/c1-19-5-3-4-6-25(19)20(2)33-17-13-23(14-18-33)28-26(21-11-15-30-16-12-21)27(31-32-28)22-7-9-24(29)10-8-22/h3-12,15-16,23H,2,13-14,17-18H2,1H3,(H,31,32). The molecule has 5 rings (SSSR count). The zero-order chi connectivity index (χ0) is 22.8. The van der Waals surface area contributed by atoms with Crippen molar-refractivity contribution in [1.29, 1.82) is 0 Å². The first-order valence-corrected chi connectivity index (χ1v) is 11.4. The molecule has 0 amide bonds. The molecule has 166 valence electrons. The van der Waals surface area contributed by atoms with Gasteiger partial charge < -0.3 is 4.90 Å². The molecular weight excluding hydrogens is 411 g/mol. The number of aromatic amines is 1. The van der Waals surface area contributed by atoms with Crippen molar-refractivity contribution in [3.63, 3.8) is 0 Å². The predicted octanol–water partition coefficient (Wildman–Crippen LogP) is 6.44. The van der Waals surface area contributed by atoms with E-state index in [0.717, 1.165) is 59.7 Å². The second-order valence-corrected chi connectivity index (χ2v) is 8.63. The molecule has 1 fully saturated rings. The number of hydrogen-bond donors (Lipinski definition) is 1. The van der Waals surface area contributed by atoms with Crippen LogP contribution in [0.3, 0.4) is 0 Å². The van der Waals surface area contributed by atoms with Crippen LogP contribution in [0.4, 0.5) is 4.39 Å². The summed E-state index contributed by atoms with van der Waals surface area (Å²) in [5, 5.41) is 8.02. The highest BCUT2D eigenvalue weighted by molar-refractivity contribution is 5.82. The van der Waals surface area contributed by atoms with Crippen molar-refractivity contribution < 1.29 is 4.39 Å². The largest absolute Gasteiger partial charge is 0.371 e. The summed E-state index contributed by atoms with van der Waals surface area (Å²) < 4.78 is 13.5. The van der Waals surface area contributed by atoms with Crippen LogP contribution in [0.2, 0.25) is 0 Å². The van der Waals surface area contributed by atoms with Gasteiger partial charge in [-0.3, -0.25) is 10.1 Å². The van der Waals surface area contributed by atoms with Crippen molar-refractivity contribution in [1.82, 2.24) is 20.1 Å². The number of H-pyrrole nitrogens is 1. The fourth-order valence-electron chi connectivity index (χ4n) is 4.78. The average Bonchev–Trinajstić information content (AvgIpc) is 3.30. The van der Waals surface area contributed by atoms with E-state index in [1.54, 1.807) is 24.5 Å². The summed E-state index contributed by atoms with van der Waals surface area (Å²) in [7, 11) is 0. The van der Waals surface area contributed by atoms with E-state index in [0.29, 0.717) is 5.92 Å². The van der Waals surface area contributed by atoms with Gasteiger partial charge in [-0.05, 0) is 67.3 Å². The molecule has 2 aromatic carbocycles. The lowest BCUT2D eigenvalue weighted by atomic mass is 9.87. The smallest absolute Gasteiger partial charge is 0.123 e. The molecule has 0 bridgehead atoms. The fourth-order valence-corrected chi connectivity index (χ4v) is 4.78. The molecule has 1 aliphatic rings. The van der Waals surface area contributed by atoms with E-state index in [9.17, 15) is 4.39 Å². The van der Waals surface area contributed by atoms with Crippen molar-refractivity contribution in [3.05, 3.63) is 102 Å². The lowest BCUT2D eigenvalue weighted by Gasteiger charge is -2.35. The Balaban J connectivity index is 1.43. The Morgan fingerprint density at radius 1 is 0.970 bits per heavy atom. The van der Waals surface area contributed by atoms with E-state index in [2.05, 4.69) is 57.8 Å². The maximum Gasteiger partial charge on any atom is 0.123 e. The van der Waals surface area contributed by atoms with E-state index < -0.39 is 0 Å². The molecule has 33 heavy (non-hydrogen) atoms. The highest BCUT2D eigenvalue weighted by Crippen LogP contribution is 2.40. The summed E-state index contributed by atoms with van der Waals surface area (Å²) >= 11 is 0. The first kappa shape index (κ1) is 21.1. The number of rotatable bonds is 5. The molecule has 1 saturated heterocycles. The van der Waals surface area contributed by atoms with Crippen LogP contribution >= 0.6 is 0 Å². The number of hydrogen-bond acceptors (Lipinski definition) is 3. The normalized spacial score (nSPS) is 14.4. The zero-order valence-corrected chi connectivity index (χ0v) is 18.8. The first-order valence-electron chi connectivity index (χ1n) is 11.4. The van der Waals surface area contributed by atoms with Gasteiger partial charge in [-0.15, -0.1) is 0 Å². The second-order valence-electron chi connectivity index (χ2n) is 8.63. The van der Waals surface area contributed by atoms with Crippen molar-refractivity contribution in [2.45, 2.75) is 25.7 Å². The summed E-state index contributed by atoms with van der Waals surface area (Å²) in [6.45, 7) is 8.41. The van der Waals surface area contributed by atoms with Gasteiger partial charge in [0.25, 0.3) is 0 Å². The monoisotopic (exact) mass is 438 g/mol. The summed E-state index contributed by atoms with van der Waals surface area (Å²) in [6.07, 6.45) is 5.62. The second kappa shape index (κ2) is 9.02. The van der Waals surface area contributed by atoms with Gasteiger partial charge in [0.15, 0.2) is 0 Å². The van der Waals surface area contributed by atoms with Gasteiger partial charge in [-0.1, -0.05) is 30.8 Å². The van der Waals surface area contributed by atoms with E-state index in [-0.39, 0.29) is 5.82 Å². The lowest BCUT2D eigenvalue weighted by Crippen LogP contribution is -2.31. The number of aromatic nitrogens is 3. The van der Waals surface area contributed by atoms with Crippen LogP contribution in [0.25, 0.3) is 28.1 Å². The number of halogens is 1. The molecule has 1 N–H and O–H groups in total. The molecule has 2 aromatic heterocycles. The number of piperidine rings is 1. The van der Waals surface area contributed by atoms with Crippen LogP contribution in [0.1, 0.15) is 35.6 Å². The molecule has 0 aliphatic carbocycles. The molecule has 3 heterocycles. The number of nitrogens with one attached hydrogen (secondary N) is 1. The van der Waals surface area contributed by atoms with E-state index in [1.165, 1.54) is 23.3 Å². The quantitative estimate of drug-likeness (QED) is 0.390.